The minimum Gasteiger partial charge on any atom is -0.392 e. The summed E-state index contributed by atoms with van der Waals surface area (Å²) in [5, 5.41) is 11.5. The minimum atomic E-state index is 0.0439. The summed E-state index contributed by atoms with van der Waals surface area (Å²) in [4.78, 5) is 13.2. The lowest BCUT2D eigenvalue weighted by Gasteiger charge is -2.36. The Balaban J connectivity index is 1.60. The third-order valence-electron chi connectivity index (χ3n) is 3.63. The fourth-order valence-electron chi connectivity index (χ4n) is 2.54. The van der Waals surface area contributed by atoms with Crippen molar-refractivity contribution < 1.29 is 5.11 Å². The van der Waals surface area contributed by atoms with Crippen LogP contribution in [0.1, 0.15) is 11.3 Å². The summed E-state index contributed by atoms with van der Waals surface area (Å²) in [7, 11) is 0. The number of piperazine rings is 1. The molecule has 0 aliphatic carbocycles. The maximum Gasteiger partial charge on any atom is 0.0795 e. The molecule has 2 aromatic rings. The lowest BCUT2D eigenvalue weighted by molar-refractivity contribution is 0.246. The zero-order valence-corrected chi connectivity index (χ0v) is 12.1. The fraction of sp³-hybridized carbons (Fsp3) is 0.429. The Hall–Kier alpha value is -1.50. The SMILES string of the molecule is OCc1cnccc1N1CCN(Cc2cscn2)CC1. The number of hydrogen-bond donors (Lipinski definition) is 1. The van der Waals surface area contributed by atoms with Crippen LogP contribution in [0.3, 0.4) is 0 Å². The van der Waals surface area contributed by atoms with Gasteiger partial charge in [0.15, 0.2) is 0 Å². The third kappa shape index (κ3) is 2.98. The standard InChI is InChI=1S/C14H18N4OS/c19-9-12-7-15-2-1-14(12)18-5-3-17(4-6-18)8-13-10-20-11-16-13/h1-2,7,10-11,19H,3-6,8-9H2. The van der Waals surface area contributed by atoms with Gasteiger partial charge in [0.05, 0.1) is 17.8 Å². The smallest absolute Gasteiger partial charge is 0.0795 e. The molecular weight excluding hydrogens is 272 g/mol. The van der Waals surface area contributed by atoms with Gasteiger partial charge in [0, 0.05) is 61.7 Å². The van der Waals surface area contributed by atoms with Crippen LogP contribution in [0.5, 0.6) is 0 Å². The molecule has 2 aromatic heterocycles. The molecule has 5 nitrogen and oxygen atoms in total. The van der Waals surface area contributed by atoms with Crippen LogP contribution >= 0.6 is 11.3 Å². The monoisotopic (exact) mass is 290 g/mol. The molecule has 0 spiro atoms. The van der Waals surface area contributed by atoms with Crippen molar-refractivity contribution in [3.8, 4) is 0 Å². The Labute approximate surface area is 122 Å². The van der Waals surface area contributed by atoms with Gasteiger partial charge in [-0.25, -0.2) is 4.98 Å². The van der Waals surface area contributed by atoms with Crippen LogP contribution in [0.15, 0.2) is 29.4 Å². The van der Waals surface area contributed by atoms with Gasteiger partial charge in [-0.1, -0.05) is 0 Å². The van der Waals surface area contributed by atoms with E-state index in [4.69, 9.17) is 0 Å². The van der Waals surface area contributed by atoms with E-state index in [1.165, 1.54) is 0 Å². The number of hydrogen-bond acceptors (Lipinski definition) is 6. The maximum absolute atomic E-state index is 9.39. The van der Waals surface area contributed by atoms with E-state index in [2.05, 4.69) is 25.1 Å². The lowest BCUT2D eigenvalue weighted by Crippen LogP contribution is -2.46. The number of rotatable bonds is 4. The van der Waals surface area contributed by atoms with E-state index in [1.807, 2.05) is 11.6 Å². The zero-order chi connectivity index (χ0) is 13.8. The summed E-state index contributed by atoms with van der Waals surface area (Å²) in [6.07, 6.45) is 3.53. The summed E-state index contributed by atoms with van der Waals surface area (Å²) < 4.78 is 0. The Morgan fingerprint density at radius 2 is 2.10 bits per heavy atom. The molecule has 1 aliphatic heterocycles. The number of anilines is 1. The van der Waals surface area contributed by atoms with Gasteiger partial charge in [0.25, 0.3) is 0 Å². The molecule has 3 rings (SSSR count). The normalized spacial score (nSPS) is 16.6. The zero-order valence-electron chi connectivity index (χ0n) is 11.3. The number of aromatic nitrogens is 2. The van der Waals surface area contributed by atoms with Crippen molar-refractivity contribution in [2.45, 2.75) is 13.2 Å². The van der Waals surface area contributed by atoms with Crippen LogP contribution in [-0.4, -0.2) is 46.2 Å². The highest BCUT2D eigenvalue weighted by Crippen LogP contribution is 2.21. The van der Waals surface area contributed by atoms with Gasteiger partial charge in [0.1, 0.15) is 0 Å². The molecule has 0 amide bonds. The average Bonchev–Trinajstić information content (AvgIpc) is 3.01. The van der Waals surface area contributed by atoms with E-state index in [0.717, 1.165) is 49.7 Å². The highest BCUT2D eigenvalue weighted by Gasteiger charge is 2.19. The molecular formula is C14H18N4OS. The number of aliphatic hydroxyl groups is 1. The Kier molecular flexibility index (Phi) is 4.25. The molecule has 1 aliphatic rings. The van der Waals surface area contributed by atoms with Gasteiger partial charge >= 0.3 is 0 Å². The van der Waals surface area contributed by atoms with E-state index in [0.29, 0.717) is 0 Å². The van der Waals surface area contributed by atoms with Crippen molar-refractivity contribution >= 4 is 17.0 Å². The van der Waals surface area contributed by atoms with Crippen molar-refractivity contribution in [1.29, 1.82) is 0 Å². The summed E-state index contributed by atoms with van der Waals surface area (Å²) in [5.41, 5.74) is 5.05. The van der Waals surface area contributed by atoms with Gasteiger partial charge < -0.3 is 10.0 Å². The number of nitrogens with zero attached hydrogens (tertiary/aromatic N) is 4. The highest BCUT2D eigenvalue weighted by atomic mass is 32.1. The molecule has 0 unspecified atom stereocenters. The van der Waals surface area contributed by atoms with Crippen LogP contribution in [0.2, 0.25) is 0 Å². The number of aliphatic hydroxyl groups excluding tert-OH is 1. The molecule has 1 fully saturated rings. The molecule has 6 heteroatoms. The van der Waals surface area contributed by atoms with Gasteiger partial charge in [-0.2, -0.15) is 0 Å². The molecule has 0 atom stereocenters. The molecule has 106 valence electrons. The van der Waals surface area contributed by atoms with Crippen molar-refractivity contribution in [2.75, 3.05) is 31.1 Å². The van der Waals surface area contributed by atoms with Crippen LogP contribution in [0.25, 0.3) is 0 Å². The summed E-state index contributed by atoms with van der Waals surface area (Å²) in [5.74, 6) is 0. The van der Waals surface area contributed by atoms with E-state index < -0.39 is 0 Å². The van der Waals surface area contributed by atoms with E-state index in [-0.39, 0.29) is 6.61 Å². The Bertz CT molecular complexity index is 538. The third-order valence-corrected chi connectivity index (χ3v) is 4.27. The largest absolute Gasteiger partial charge is 0.392 e. The van der Waals surface area contributed by atoms with E-state index in [1.54, 1.807) is 23.7 Å². The second kappa shape index (κ2) is 6.30. The predicted octanol–water partition coefficient (Wildman–Crippen LogP) is 1.35. The fourth-order valence-corrected chi connectivity index (χ4v) is 3.09. The first-order valence-electron chi connectivity index (χ1n) is 6.75. The van der Waals surface area contributed by atoms with Crippen LogP contribution in [-0.2, 0) is 13.2 Å². The topological polar surface area (TPSA) is 52.5 Å². The van der Waals surface area contributed by atoms with Crippen LogP contribution in [0, 0.1) is 0 Å². The lowest BCUT2D eigenvalue weighted by atomic mass is 10.2. The molecule has 3 heterocycles. The molecule has 0 bridgehead atoms. The molecule has 0 saturated carbocycles. The van der Waals surface area contributed by atoms with Crippen molar-refractivity contribution in [2.24, 2.45) is 0 Å². The number of thiazole rings is 1. The Morgan fingerprint density at radius 3 is 2.80 bits per heavy atom. The molecule has 1 N–H and O–H groups in total. The highest BCUT2D eigenvalue weighted by molar-refractivity contribution is 7.07. The second-order valence-corrected chi connectivity index (χ2v) is 5.62. The first-order valence-corrected chi connectivity index (χ1v) is 7.69. The van der Waals surface area contributed by atoms with Crippen molar-refractivity contribution in [3.05, 3.63) is 40.6 Å². The average molecular weight is 290 g/mol. The number of pyridine rings is 1. The van der Waals surface area contributed by atoms with E-state index >= 15 is 0 Å². The molecule has 0 aromatic carbocycles. The molecule has 1 saturated heterocycles. The quantitative estimate of drug-likeness (QED) is 0.921. The predicted molar refractivity (Wildman–Crippen MR) is 79.8 cm³/mol. The first kappa shape index (κ1) is 13.5. The summed E-state index contributed by atoms with van der Waals surface area (Å²) in [6, 6.07) is 1.99. The molecule has 20 heavy (non-hydrogen) atoms. The van der Waals surface area contributed by atoms with Crippen LogP contribution < -0.4 is 4.90 Å². The first-order chi connectivity index (χ1) is 9.86. The van der Waals surface area contributed by atoms with Crippen LogP contribution in [0.4, 0.5) is 5.69 Å². The maximum atomic E-state index is 9.39. The minimum absolute atomic E-state index is 0.0439. The van der Waals surface area contributed by atoms with Gasteiger partial charge in [-0.3, -0.25) is 9.88 Å². The van der Waals surface area contributed by atoms with Crippen molar-refractivity contribution in [3.63, 3.8) is 0 Å². The Morgan fingerprint density at radius 1 is 1.25 bits per heavy atom. The summed E-state index contributed by atoms with van der Waals surface area (Å²) in [6.45, 7) is 4.96. The summed E-state index contributed by atoms with van der Waals surface area (Å²) >= 11 is 1.65. The van der Waals surface area contributed by atoms with Gasteiger partial charge in [0.2, 0.25) is 0 Å². The second-order valence-electron chi connectivity index (χ2n) is 4.91. The van der Waals surface area contributed by atoms with Gasteiger partial charge in [-0.05, 0) is 6.07 Å². The van der Waals surface area contributed by atoms with E-state index in [9.17, 15) is 5.11 Å². The molecule has 0 radical (unpaired) electrons. The van der Waals surface area contributed by atoms with Gasteiger partial charge in [-0.15, -0.1) is 11.3 Å². The van der Waals surface area contributed by atoms with Crippen molar-refractivity contribution in [1.82, 2.24) is 14.9 Å².